The van der Waals surface area contributed by atoms with Gasteiger partial charge < -0.3 is 14.8 Å². The molecule has 1 atom stereocenters. The molecule has 4 rings (SSSR count). The van der Waals surface area contributed by atoms with Crippen molar-refractivity contribution in [3.8, 4) is 11.5 Å². The van der Waals surface area contributed by atoms with Gasteiger partial charge in [-0.25, -0.2) is 4.39 Å². The van der Waals surface area contributed by atoms with Crippen molar-refractivity contribution in [1.29, 1.82) is 0 Å². The van der Waals surface area contributed by atoms with E-state index in [-0.39, 0.29) is 17.8 Å². The van der Waals surface area contributed by atoms with Gasteiger partial charge in [0.25, 0.3) is 5.91 Å². The van der Waals surface area contributed by atoms with E-state index in [0.717, 1.165) is 29.7 Å². The molecule has 1 amide bonds. The van der Waals surface area contributed by atoms with E-state index in [1.54, 1.807) is 26.4 Å². The lowest BCUT2D eigenvalue weighted by Gasteiger charge is -2.38. The predicted octanol–water partition coefficient (Wildman–Crippen LogP) is 4.68. The van der Waals surface area contributed by atoms with Crippen LogP contribution in [-0.2, 0) is 13.0 Å². The molecule has 33 heavy (non-hydrogen) atoms. The van der Waals surface area contributed by atoms with Gasteiger partial charge in [0.2, 0.25) is 0 Å². The molecule has 0 unspecified atom stereocenters. The summed E-state index contributed by atoms with van der Waals surface area (Å²) in [6.07, 6.45) is 0.827. The summed E-state index contributed by atoms with van der Waals surface area (Å²) in [6, 6.07) is 18.1. The van der Waals surface area contributed by atoms with Crippen molar-refractivity contribution in [3.05, 3.63) is 94.3 Å². The molecule has 3 aromatic carbocycles. The summed E-state index contributed by atoms with van der Waals surface area (Å²) in [5.41, 5.74) is 4.74. The number of ether oxygens (including phenoxy) is 2. The van der Waals surface area contributed by atoms with Crippen molar-refractivity contribution in [3.63, 3.8) is 0 Å². The maximum absolute atomic E-state index is 13.8. The summed E-state index contributed by atoms with van der Waals surface area (Å²) in [6.45, 7) is 3.71. The molecule has 172 valence electrons. The summed E-state index contributed by atoms with van der Waals surface area (Å²) in [5, 5.41) is 3.12. The fraction of sp³-hybridized carbons (Fsp3) is 0.296. The molecule has 0 aliphatic carbocycles. The van der Waals surface area contributed by atoms with Crippen molar-refractivity contribution in [2.75, 3.05) is 27.3 Å². The molecule has 1 heterocycles. The van der Waals surface area contributed by atoms with Crippen LogP contribution in [0.2, 0.25) is 0 Å². The number of fused-ring (bicyclic) bond motifs is 1. The van der Waals surface area contributed by atoms with Crippen LogP contribution in [-0.4, -0.2) is 38.1 Å². The second kappa shape index (κ2) is 10.0. The smallest absolute Gasteiger partial charge is 0.251 e. The SMILES string of the molecule is COc1cc2c(cc1OC)[C@H](CNC(=O)c1ccccc1C)N(Cc1cccc(F)c1)CC2. The van der Waals surface area contributed by atoms with Gasteiger partial charge in [0.1, 0.15) is 5.82 Å². The Morgan fingerprint density at radius 1 is 1.06 bits per heavy atom. The average molecular weight is 449 g/mol. The van der Waals surface area contributed by atoms with E-state index in [9.17, 15) is 9.18 Å². The van der Waals surface area contributed by atoms with Gasteiger partial charge in [0.05, 0.1) is 20.3 Å². The van der Waals surface area contributed by atoms with Crippen LogP contribution >= 0.6 is 0 Å². The molecule has 1 N–H and O–H groups in total. The molecule has 0 fully saturated rings. The predicted molar refractivity (Wildman–Crippen MR) is 126 cm³/mol. The summed E-state index contributed by atoms with van der Waals surface area (Å²) in [5.74, 6) is 0.990. The summed E-state index contributed by atoms with van der Waals surface area (Å²) >= 11 is 0. The third-order valence-electron chi connectivity index (χ3n) is 6.23. The Balaban J connectivity index is 1.64. The number of hydrogen-bond donors (Lipinski definition) is 1. The zero-order valence-electron chi connectivity index (χ0n) is 19.2. The van der Waals surface area contributed by atoms with Gasteiger partial charge in [-0.2, -0.15) is 0 Å². The summed E-state index contributed by atoms with van der Waals surface area (Å²) in [4.78, 5) is 15.2. The molecular weight excluding hydrogens is 419 g/mol. The lowest BCUT2D eigenvalue weighted by Crippen LogP contribution is -2.42. The Labute approximate surface area is 194 Å². The lowest BCUT2D eigenvalue weighted by molar-refractivity contribution is 0.0925. The molecule has 3 aromatic rings. The molecule has 0 saturated carbocycles. The first-order valence-electron chi connectivity index (χ1n) is 11.1. The number of benzene rings is 3. The maximum atomic E-state index is 13.8. The van der Waals surface area contributed by atoms with E-state index in [4.69, 9.17) is 9.47 Å². The fourth-order valence-electron chi connectivity index (χ4n) is 4.49. The Morgan fingerprint density at radius 3 is 2.55 bits per heavy atom. The third kappa shape index (κ3) is 5.01. The van der Waals surface area contributed by atoms with Crippen molar-refractivity contribution in [1.82, 2.24) is 10.2 Å². The molecule has 0 bridgehead atoms. The molecule has 1 aliphatic rings. The highest BCUT2D eigenvalue weighted by Gasteiger charge is 2.30. The number of nitrogens with zero attached hydrogens (tertiary/aromatic N) is 1. The first-order valence-corrected chi connectivity index (χ1v) is 11.1. The number of carbonyl (C=O) groups is 1. The summed E-state index contributed by atoms with van der Waals surface area (Å²) in [7, 11) is 3.25. The zero-order chi connectivity index (χ0) is 23.4. The maximum Gasteiger partial charge on any atom is 0.251 e. The molecule has 5 nitrogen and oxygen atoms in total. The van der Waals surface area contributed by atoms with E-state index < -0.39 is 0 Å². The van der Waals surface area contributed by atoms with Crippen LogP contribution in [0.5, 0.6) is 11.5 Å². The molecule has 0 radical (unpaired) electrons. The number of rotatable bonds is 7. The normalized spacial score (nSPS) is 15.6. The molecule has 6 heteroatoms. The minimum atomic E-state index is -0.249. The van der Waals surface area contributed by atoms with E-state index in [1.165, 1.54) is 11.6 Å². The largest absolute Gasteiger partial charge is 0.493 e. The number of methoxy groups -OCH3 is 2. The Hall–Kier alpha value is -3.38. The van der Waals surface area contributed by atoms with Crippen LogP contribution in [0.15, 0.2) is 60.7 Å². The minimum absolute atomic E-state index is 0.0928. The number of nitrogens with one attached hydrogen (secondary N) is 1. The molecule has 0 aromatic heterocycles. The highest BCUT2D eigenvalue weighted by atomic mass is 19.1. The molecular formula is C27H29FN2O3. The second-order valence-corrected chi connectivity index (χ2v) is 8.30. The van der Waals surface area contributed by atoms with E-state index in [0.29, 0.717) is 30.2 Å². The van der Waals surface area contributed by atoms with Crippen molar-refractivity contribution in [2.45, 2.75) is 25.9 Å². The van der Waals surface area contributed by atoms with E-state index in [2.05, 4.69) is 10.2 Å². The van der Waals surface area contributed by atoms with Gasteiger partial charge in [-0.05, 0) is 65.9 Å². The minimum Gasteiger partial charge on any atom is -0.493 e. The topological polar surface area (TPSA) is 50.8 Å². The number of halogens is 1. The van der Waals surface area contributed by atoms with E-state index in [1.807, 2.05) is 49.4 Å². The van der Waals surface area contributed by atoms with Gasteiger partial charge in [0.15, 0.2) is 11.5 Å². The Kier molecular flexibility index (Phi) is 6.94. The first-order chi connectivity index (χ1) is 16.0. The van der Waals surface area contributed by atoms with E-state index >= 15 is 0 Å². The van der Waals surface area contributed by atoms with Crippen molar-refractivity contribution >= 4 is 5.91 Å². The van der Waals surface area contributed by atoms with Gasteiger partial charge >= 0.3 is 0 Å². The lowest BCUT2D eigenvalue weighted by atomic mass is 9.91. The average Bonchev–Trinajstić information content (AvgIpc) is 2.82. The highest BCUT2D eigenvalue weighted by Crippen LogP contribution is 2.38. The van der Waals surface area contributed by atoms with Crippen LogP contribution in [0.25, 0.3) is 0 Å². The molecule has 0 spiro atoms. The first kappa shape index (κ1) is 22.8. The van der Waals surface area contributed by atoms with Crippen LogP contribution in [0.3, 0.4) is 0 Å². The number of amides is 1. The number of aryl methyl sites for hydroxylation is 1. The monoisotopic (exact) mass is 448 g/mol. The van der Waals surface area contributed by atoms with Crippen LogP contribution in [0, 0.1) is 12.7 Å². The van der Waals surface area contributed by atoms with Gasteiger partial charge in [-0.15, -0.1) is 0 Å². The van der Waals surface area contributed by atoms with Crippen molar-refractivity contribution < 1.29 is 18.7 Å². The van der Waals surface area contributed by atoms with Crippen LogP contribution in [0.1, 0.15) is 38.7 Å². The van der Waals surface area contributed by atoms with Crippen LogP contribution < -0.4 is 14.8 Å². The molecule has 0 saturated heterocycles. The Bertz CT molecular complexity index is 1150. The highest BCUT2D eigenvalue weighted by molar-refractivity contribution is 5.95. The van der Waals surface area contributed by atoms with Gasteiger partial charge in [0, 0.05) is 25.2 Å². The quantitative estimate of drug-likeness (QED) is 0.570. The zero-order valence-corrected chi connectivity index (χ0v) is 19.2. The van der Waals surface area contributed by atoms with Gasteiger partial charge in [-0.1, -0.05) is 30.3 Å². The summed E-state index contributed by atoms with van der Waals surface area (Å²) < 4.78 is 24.9. The fourth-order valence-corrected chi connectivity index (χ4v) is 4.49. The van der Waals surface area contributed by atoms with Gasteiger partial charge in [-0.3, -0.25) is 9.69 Å². The molecule has 1 aliphatic heterocycles. The standard InChI is InChI=1S/C27H29FN2O3/c1-18-7-4-5-10-22(18)27(31)29-16-24-23-15-26(33-3)25(32-2)14-20(23)11-12-30(24)17-19-8-6-9-21(28)13-19/h4-10,13-15,24H,11-12,16-17H2,1-3H3,(H,29,31)/t24-/m0/s1. The Morgan fingerprint density at radius 2 is 1.82 bits per heavy atom. The number of hydrogen-bond acceptors (Lipinski definition) is 4. The third-order valence-corrected chi connectivity index (χ3v) is 6.23. The number of carbonyl (C=O) groups excluding carboxylic acids is 1. The van der Waals surface area contributed by atoms with Crippen LogP contribution in [0.4, 0.5) is 4.39 Å². The second-order valence-electron chi connectivity index (χ2n) is 8.30. The van der Waals surface area contributed by atoms with Crippen molar-refractivity contribution in [2.24, 2.45) is 0 Å².